The number of halogens is 2. The molecule has 0 fully saturated rings. The van der Waals surface area contributed by atoms with E-state index < -0.39 is 0 Å². The Labute approximate surface area is 119 Å². The summed E-state index contributed by atoms with van der Waals surface area (Å²) in [5.74, 6) is -0.575. The molecule has 0 saturated carbocycles. The molecular weight excluding hydrogens is 309 g/mol. The van der Waals surface area contributed by atoms with E-state index in [9.17, 15) is 9.18 Å². The van der Waals surface area contributed by atoms with Gasteiger partial charge in [-0.05, 0) is 49.7 Å². The first-order valence-corrected chi connectivity index (χ1v) is 6.61. The van der Waals surface area contributed by atoms with Gasteiger partial charge in [0.1, 0.15) is 5.82 Å². The van der Waals surface area contributed by atoms with Crippen LogP contribution in [0, 0.1) is 19.7 Å². The van der Waals surface area contributed by atoms with E-state index in [1.165, 1.54) is 6.07 Å². The number of rotatable bonds is 2. The summed E-state index contributed by atoms with van der Waals surface area (Å²) in [6, 6.07) is 9.96. The van der Waals surface area contributed by atoms with Gasteiger partial charge < -0.3 is 5.32 Å². The summed E-state index contributed by atoms with van der Waals surface area (Å²) in [7, 11) is 0. The molecule has 0 radical (unpaired) electrons. The van der Waals surface area contributed by atoms with Crippen LogP contribution in [0.3, 0.4) is 0 Å². The minimum atomic E-state index is -0.329. The smallest absolute Gasteiger partial charge is 0.255 e. The fourth-order valence-electron chi connectivity index (χ4n) is 1.72. The zero-order chi connectivity index (χ0) is 14.0. The maximum atomic E-state index is 13.4. The van der Waals surface area contributed by atoms with Gasteiger partial charge in [0.15, 0.2) is 0 Å². The fraction of sp³-hybridized carbons (Fsp3) is 0.133. The predicted molar refractivity (Wildman–Crippen MR) is 78.0 cm³/mol. The van der Waals surface area contributed by atoms with Crippen LogP contribution < -0.4 is 5.32 Å². The molecule has 1 amide bonds. The minimum absolute atomic E-state index is 0.246. The Kier molecular flexibility index (Phi) is 4.00. The van der Waals surface area contributed by atoms with E-state index in [4.69, 9.17) is 0 Å². The van der Waals surface area contributed by atoms with Crippen LogP contribution in [0.1, 0.15) is 21.5 Å². The van der Waals surface area contributed by atoms with Crippen molar-refractivity contribution >= 4 is 27.5 Å². The number of amides is 1. The first kappa shape index (κ1) is 13.7. The summed E-state index contributed by atoms with van der Waals surface area (Å²) in [4.78, 5) is 12.1. The largest absolute Gasteiger partial charge is 0.322 e. The standard InChI is InChI=1S/C15H13BrFNO/c1-9-8-11(6-7-12(9)16)15(19)18-14-5-3-4-13(17)10(14)2/h3-8H,1-2H3,(H,18,19). The van der Waals surface area contributed by atoms with Crippen molar-refractivity contribution in [1.82, 2.24) is 0 Å². The van der Waals surface area contributed by atoms with E-state index in [-0.39, 0.29) is 11.7 Å². The van der Waals surface area contributed by atoms with Gasteiger partial charge in [-0.15, -0.1) is 0 Å². The van der Waals surface area contributed by atoms with Crippen molar-refractivity contribution in [2.75, 3.05) is 5.32 Å². The van der Waals surface area contributed by atoms with Gasteiger partial charge in [0.25, 0.3) is 5.91 Å². The first-order chi connectivity index (χ1) is 8.99. The van der Waals surface area contributed by atoms with Crippen molar-refractivity contribution in [3.05, 3.63) is 63.4 Å². The summed E-state index contributed by atoms with van der Waals surface area (Å²) < 4.78 is 14.3. The average Bonchev–Trinajstić information content (AvgIpc) is 2.38. The Hall–Kier alpha value is -1.68. The maximum absolute atomic E-state index is 13.4. The van der Waals surface area contributed by atoms with E-state index in [1.807, 2.05) is 13.0 Å². The van der Waals surface area contributed by atoms with Gasteiger partial charge in [0, 0.05) is 21.3 Å². The van der Waals surface area contributed by atoms with Crippen molar-refractivity contribution in [2.45, 2.75) is 13.8 Å². The Bertz CT molecular complexity index is 640. The van der Waals surface area contributed by atoms with Crippen molar-refractivity contribution in [2.24, 2.45) is 0 Å². The van der Waals surface area contributed by atoms with Crippen LogP contribution in [-0.4, -0.2) is 5.91 Å². The molecular formula is C15H13BrFNO. The van der Waals surface area contributed by atoms with Crippen LogP contribution in [0.25, 0.3) is 0 Å². The number of anilines is 1. The summed E-state index contributed by atoms with van der Waals surface area (Å²) in [5, 5.41) is 2.72. The fourth-order valence-corrected chi connectivity index (χ4v) is 1.97. The molecule has 2 nitrogen and oxygen atoms in total. The van der Waals surface area contributed by atoms with Crippen LogP contribution in [0.4, 0.5) is 10.1 Å². The highest BCUT2D eigenvalue weighted by Gasteiger charge is 2.10. The van der Waals surface area contributed by atoms with Crippen molar-refractivity contribution in [1.29, 1.82) is 0 Å². The maximum Gasteiger partial charge on any atom is 0.255 e. The molecule has 0 unspecified atom stereocenters. The van der Waals surface area contributed by atoms with Crippen LogP contribution in [0.15, 0.2) is 40.9 Å². The third-order valence-electron chi connectivity index (χ3n) is 2.94. The lowest BCUT2D eigenvalue weighted by Gasteiger charge is -2.09. The zero-order valence-corrected chi connectivity index (χ0v) is 12.2. The average molecular weight is 322 g/mol. The zero-order valence-electron chi connectivity index (χ0n) is 10.6. The summed E-state index contributed by atoms with van der Waals surface area (Å²) in [6.07, 6.45) is 0. The second kappa shape index (κ2) is 5.53. The van der Waals surface area contributed by atoms with Gasteiger partial charge in [-0.25, -0.2) is 4.39 Å². The predicted octanol–water partition coefficient (Wildman–Crippen LogP) is 4.46. The van der Waals surface area contributed by atoms with Crippen LogP contribution in [0.5, 0.6) is 0 Å². The third kappa shape index (κ3) is 3.01. The van der Waals surface area contributed by atoms with Gasteiger partial charge in [-0.3, -0.25) is 4.79 Å². The van der Waals surface area contributed by atoms with E-state index >= 15 is 0 Å². The molecule has 0 aromatic heterocycles. The molecule has 0 bridgehead atoms. The molecule has 1 N–H and O–H groups in total. The van der Waals surface area contributed by atoms with Gasteiger partial charge in [0.2, 0.25) is 0 Å². The molecule has 0 aliphatic heterocycles. The summed E-state index contributed by atoms with van der Waals surface area (Å²) in [6.45, 7) is 3.55. The number of hydrogen-bond donors (Lipinski definition) is 1. The van der Waals surface area contributed by atoms with E-state index in [2.05, 4.69) is 21.2 Å². The lowest BCUT2D eigenvalue weighted by molar-refractivity contribution is 0.102. The molecule has 0 saturated heterocycles. The Morgan fingerprint density at radius 3 is 2.63 bits per heavy atom. The second-order valence-corrected chi connectivity index (χ2v) is 5.18. The van der Waals surface area contributed by atoms with Gasteiger partial charge in [0.05, 0.1) is 0 Å². The van der Waals surface area contributed by atoms with Crippen LogP contribution in [0.2, 0.25) is 0 Å². The molecule has 2 rings (SSSR count). The molecule has 2 aromatic rings. The van der Waals surface area contributed by atoms with Crippen LogP contribution >= 0.6 is 15.9 Å². The summed E-state index contributed by atoms with van der Waals surface area (Å²) in [5.41, 5.74) is 2.45. The van der Waals surface area contributed by atoms with E-state index in [1.54, 1.807) is 31.2 Å². The molecule has 0 aliphatic rings. The molecule has 98 valence electrons. The number of benzene rings is 2. The van der Waals surface area contributed by atoms with Gasteiger partial charge in [-0.2, -0.15) is 0 Å². The Balaban J connectivity index is 2.26. The number of hydrogen-bond acceptors (Lipinski definition) is 1. The minimum Gasteiger partial charge on any atom is -0.322 e. The highest BCUT2D eigenvalue weighted by atomic mass is 79.9. The summed E-state index contributed by atoms with van der Waals surface area (Å²) >= 11 is 3.39. The molecule has 19 heavy (non-hydrogen) atoms. The van der Waals surface area contributed by atoms with Crippen molar-refractivity contribution in [3.8, 4) is 0 Å². The number of nitrogens with one attached hydrogen (secondary N) is 1. The monoisotopic (exact) mass is 321 g/mol. The number of aryl methyl sites for hydroxylation is 1. The van der Waals surface area contributed by atoms with E-state index in [0.717, 1.165) is 10.0 Å². The highest BCUT2D eigenvalue weighted by molar-refractivity contribution is 9.10. The quantitative estimate of drug-likeness (QED) is 0.869. The second-order valence-electron chi connectivity index (χ2n) is 4.33. The SMILES string of the molecule is Cc1cc(C(=O)Nc2cccc(F)c2C)ccc1Br. The highest BCUT2D eigenvalue weighted by Crippen LogP contribution is 2.20. The van der Waals surface area contributed by atoms with Crippen molar-refractivity contribution < 1.29 is 9.18 Å². The lowest BCUT2D eigenvalue weighted by Crippen LogP contribution is -2.13. The van der Waals surface area contributed by atoms with Gasteiger partial charge in [-0.1, -0.05) is 22.0 Å². The lowest BCUT2D eigenvalue weighted by atomic mass is 10.1. The molecule has 2 aromatic carbocycles. The molecule has 0 aliphatic carbocycles. The topological polar surface area (TPSA) is 29.1 Å². The molecule has 0 heterocycles. The number of carbonyl (C=O) groups is 1. The van der Waals surface area contributed by atoms with Crippen LogP contribution in [-0.2, 0) is 0 Å². The number of carbonyl (C=O) groups excluding carboxylic acids is 1. The molecule has 0 spiro atoms. The normalized spacial score (nSPS) is 10.3. The first-order valence-electron chi connectivity index (χ1n) is 5.81. The van der Waals surface area contributed by atoms with Crippen molar-refractivity contribution in [3.63, 3.8) is 0 Å². The van der Waals surface area contributed by atoms with E-state index in [0.29, 0.717) is 16.8 Å². The third-order valence-corrected chi connectivity index (χ3v) is 3.83. The molecule has 4 heteroatoms. The Morgan fingerprint density at radius 2 is 1.95 bits per heavy atom. The molecule has 0 atom stereocenters. The Morgan fingerprint density at radius 1 is 1.21 bits per heavy atom. The van der Waals surface area contributed by atoms with Gasteiger partial charge >= 0.3 is 0 Å².